The number of amides is 1. The zero-order valence-corrected chi connectivity index (χ0v) is 25.9. The minimum atomic E-state index is -0.974. The summed E-state index contributed by atoms with van der Waals surface area (Å²) in [5.74, 6) is 0.0611. The number of halogens is 1. The van der Waals surface area contributed by atoms with E-state index in [4.69, 9.17) is 24.3 Å². The van der Waals surface area contributed by atoms with E-state index in [-0.39, 0.29) is 24.7 Å². The topological polar surface area (TPSA) is 112 Å². The molecule has 3 aromatic heterocycles. The second kappa shape index (κ2) is 12.5. The lowest BCUT2D eigenvalue weighted by Gasteiger charge is -2.45. The number of aromatic nitrogens is 4. The van der Waals surface area contributed by atoms with Crippen molar-refractivity contribution < 1.29 is 28.5 Å². The van der Waals surface area contributed by atoms with Crippen LogP contribution in [0.15, 0.2) is 67.1 Å². The Hall–Kier alpha value is -4.61. The summed E-state index contributed by atoms with van der Waals surface area (Å²) in [4.78, 5) is 23.0. The first-order valence-electron chi connectivity index (χ1n) is 16.4. The molecular formula is C36H36FN5O5. The van der Waals surface area contributed by atoms with Crippen LogP contribution in [0.3, 0.4) is 0 Å². The highest BCUT2D eigenvalue weighted by molar-refractivity contribution is 6.06. The van der Waals surface area contributed by atoms with Crippen LogP contribution < -0.4 is 4.74 Å². The van der Waals surface area contributed by atoms with Gasteiger partial charge in [-0.05, 0) is 67.7 Å². The number of pyridine rings is 2. The van der Waals surface area contributed by atoms with E-state index >= 15 is 0 Å². The Balaban J connectivity index is 1.30. The molecule has 0 saturated carbocycles. The number of rotatable bonds is 7. The second-order valence-electron chi connectivity index (χ2n) is 12.7. The largest absolute Gasteiger partial charge is 0.470 e. The van der Waals surface area contributed by atoms with Gasteiger partial charge in [-0.25, -0.2) is 18.9 Å². The van der Waals surface area contributed by atoms with E-state index in [0.717, 1.165) is 70.6 Å². The van der Waals surface area contributed by atoms with Crippen LogP contribution in [0.4, 0.5) is 9.18 Å². The first-order chi connectivity index (χ1) is 23.0. The van der Waals surface area contributed by atoms with E-state index in [1.54, 1.807) is 6.20 Å². The smallest absolute Gasteiger partial charge is 0.407 e. The maximum Gasteiger partial charge on any atom is 0.407 e. The Morgan fingerprint density at radius 3 is 2.62 bits per heavy atom. The van der Waals surface area contributed by atoms with E-state index in [1.807, 2.05) is 47.3 Å². The van der Waals surface area contributed by atoms with Gasteiger partial charge in [-0.2, -0.15) is 5.10 Å². The normalized spacial score (nSPS) is 22.0. The summed E-state index contributed by atoms with van der Waals surface area (Å²) < 4.78 is 35.2. The summed E-state index contributed by atoms with van der Waals surface area (Å²) in [5, 5.41) is 17.2. The third-order valence-corrected chi connectivity index (χ3v) is 9.75. The summed E-state index contributed by atoms with van der Waals surface area (Å²) in [7, 11) is 0. The molecule has 47 heavy (non-hydrogen) atoms. The molecule has 0 aliphatic carbocycles. The number of ether oxygens (including phenoxy) is 3. The van der Waals surface area contributed by atoms with Gasteiger partial charge in [0.15, 0.2) is 6.23 Å². The molecule has 1 N–H and O–H groups in total. The molecule has 5 aromatic rings. The average molecular weight is 638 g/mol. The molecule has 3 fully saturated rings. The zero-order chi connectivity index (χ0) is 31.9. The fraction of sp³-hybridized carbons (Fsp3) is 0.389. The molecule has 3 saturated heterocycles. The van der Waals surface area contributed by atoms with Crippen molar-refractivity contribution in [3.05, 3.63) is 84.2 Å². The fourth-order valence-electron chi connectivity index (χ4n) is 7.29. The number of hydrogen-bond acceptors (Lipinski definition) is 7. The highest BCUT2D eigenvalue weighted by Gasteiger charge is 2.44. The van der Waals surface area contributed by atoms with Crippen LogP contribution >= 0.6 is 0 Å². The van der Waals surface area contributed by atoms with Crippen LogP contribution in [0.25, 0.3) is 32.8 Å². The molecule has 0 bridgehead atoms. The second-order valence-corrected chi connectivity index (χ2v) is 12.7. The van der Waals surface area contributed by atoms with Crippen molar-refractivity contribution in [1.29, 1.82) is 0 Å². The molecular weight excluding hydrogens is 601 g/mol. The van der Waals surface area contributed by atoms with Crippen LogP contribution in [0.2, 0.25) is 0 Å². The quantitative estimate of drug-likeness (QED) is 0.209. The summed E-state index contributed by atoms with van der Waals surface area (Å²) in [6, 6.07) is 15.1. The van der Waals surface area contributed by atoms with Gasteiger partial charge < -0.3 is 19.3 Å². The lowest BCUT2D eigenvalue weighted by Crippen LogP contribution is -2.65. The molecule has 0 spiro atoms. The molecule has 3 aliphatic heterocycles. The minimum Gasteiger partial charge on any atom is -0.470 e. The maximum atomic E-state index is 14.7. The third kappa shape index (κ3) is 5.67. The van der Waals surface area contributed by atoms with Crippen molar-refractivity contribution >= 4 is 27.8 Å². The predicted molar refractivity (Wildman–Crippen MR) is 173 cm³/mol. The van der Waals surface area contributed by atoms with E-state index in [9.17, 15) is 14.3 Å². The molecule has 3 atom stereocenters. The van der Waals surface area contributed by atoms with Crippen molar-refractivity contribution in [2.45, 2.75) is 62.8 Å². The zero-order valence-electron chi connectivity index (χ0n) is 25.9. The van der Waals surface area contributed by atoms with Crippen molar-refractivity contribution in [2.75, 3.05) is 26.4 Å². The number of likely N-dealkylation sites (tertiary alicyclic amines) is 1. The van der Waals surface area contributed by atoms with Crippen molar-refractivity contribution in [1.82, 2.24) is 24.6 Å². The number of nitrogens with zero attached hydrogens (tertiary/aromatic N) is 5. The van der Waals surface area contributed by atoms with E-state index in [1.165, 1.54) is 17.2 Å². The average Bonchev–Trinajstić information content (AvgIpc) is 3.51. The molecule has 2 aromatic carbocycles. The molecule has 0 radical (unpaired) electrons. The SMILES string of the molecule is O=C(O)N1CC(Oc2nc(C3CCOCC3)c(-c3cncc(F)c3)c3cc4cnn(C5CCCCO5)c4cc23)C1Cc1ccccc1. The standard InChI is InChI=1S/C36H36FN5O5/c37-26-15-25(18-38-20-26)33-27-16-24-19-39-42(32-8-4-5-11-46-32)29(24)17-28(27)35(40-34(33)23-9-12-45-13-10-23)47-31-21-41(36(43)44)30(31)14-22-6-2-1-3-7-22/h1-3,6-7,15-20,23,30-32H,4-5,8-14,21H2,(H,43,44). The van der Waals surface area contributed by atoms with Gasteiger partial charge in [-0.1, -0.05) is 30.3 Å². The Morgan fingerprint density at radius 1 is 1.00 bits per heavy atom. The van der Waals surface area contributed by atoms with E-state index in [2.05, 4.69) is 11.1 Å². The molecule has 3 aliphatic rings. The molecule has 6 heterocycles. The molecule has 1 amide bonds. The fourth-order valence-corrected chi connectivity index (χ4v) is 7.29. The van der Waals surface area contributed by atoms with Crippen molar-refractivity contribution in [3.63, 3.8) is 0 Å². The maximum absolute atomic E-state index is 14.7. The van der Waals surface area contributed by atoms with Gasteiger partial charge in [-0.15, -0.1) is 0 Å². The van der Waals surface area contributed by atoms with Crippen molar-refractivity contribution in [2.24, 2.45) is 0 Å². The molecule has 3 unspecified atom stereocenters. The Morgan fingerprint density at radius 2 is 1.85 bits per heavy atom. The van der Waals surface area contributed by atoms with Gasteiger partial charge in [-0.3, -0.25) is 9.88 Å². The van der Waals surface area contributed by atoms with Gasteiger partial charge >= 0.3 is 6.09 Å². The molecule has 242 valence electrons. The van der Waals surface area contributed by atoms with Gasteiger partial charge in [0, 0.05) is 53.8 Å². The highest BCUT2D eigenvalue weighted by Crippen LogP contribution is 2.44. The molecule has 8 rings (SSSR count). The van der Waals surface area contributed by atoms with Crippen LogP contribution in [-0.4, -0.2) is 74.4 Å². The van der Waals surface area contributed by atoms with Crippen LogP contribution in [0.1, 0.15) is 55.5 Å². The number of carboxylic acid groups (broad SMARTS) is 1. The Labute approximate surface area is 271 Å². The summed E-state index contributed by atoms with van der Waals surface area (Å²) in [5.41, 5.74) is 4.18. The lowest BCUT2D eigenvalue weighted by molar-refractivity contribution is -0.0366. The van der Waals surface area contributed by atoms with Gasteiger partial charge in [0.1, 0.15) is 11.9 Å². The van der Waals surface area contributed by atoms with E-state index in [0.29, 0.717) is 37.7 Å². The Kier molecular flexibility index (Phi) is 7.94. The number of benzene rings is 2. The summed E-state index contributed by atoms with van der Waals surface area (Å²) in [6.45, 7) is 2.12. The first kappa shape index (κ1) is 29.8. The monoisotopic (exact) mass is 637 g/mol. The predicted octanol–water partition coefficient (Wildman–Crippen LogP) is 6.73. The summed E-state index contributed by atoms with van der Waals surface area (Å²) >= 11 is 0. The number of fused-ring (bicyclic) bond motifs is 2. The lowest BCUT2D eigenvalue weighted by atomic mass is 9.87. The summed E-state index contributed by atoms with van der Waals surface area (Å²) in [6.07, 6.45) is 8.18. The van der Waals surface area contributed by atoms with Crippen LogP contribution in [0, 0.1) is 5.82 Å². The Bertz CT molecular complexity index is 1920. The highest BCUT2D eigenvalue weighted by atomic mass is 19.1. The minimum absolute atomic E-state index is 0.0554. The number of hydrogen-bond donors (Lipinski definition) is 1. The van der Waals surface area contributed by atoms with Crippen molar-refractivity contribution in [3.8, 4) is 17.0 Å². The number of carbonyl (C=O) groups is 1. The first-order valence-corrected chi connectivity index (χ1v) is 16.4. The van der Waals surface area contributed by atoms with Crippen LogP contribution in [0.5, 0.6) is 5.88 Å². The van der Waals surface area contributed by atoms with Gasteiger partial charge in [0.05, 0.1) is 36.2 Å². The molecule has 11 heteroatoms. The van der Waals surface area contributed by atoms with Gasteiger partial charge in [0.2, 0.25) is 5.88 Å². The van der Waals surface area contributed by atoms with E-state index < -0.39 is 18.0 Å². The van der Waals surface area contributed by atoms with Crippen LogP contribution in [-0.2, 0) is 15.9 Å². The third-order valence-electron chi connectivity index (χ3n) is 9.75. The molecule has 10 nitrogen and oxygen atoms in total. The van der Waals surface area contributed by atoms with Gasteiger partial charge in [0.25, 0.3) is 0 Å².